The Balaban J connectivity index is 1.20. The topological polar surface area (TPSA) is 77.3 Å². The van der Waals surface area contributed by atoms with Gasteiger partial charge in [-0.15, -0.1) is 0 Å². The van der Waals surface area contributed by atoms with Gasteiger partial charge >= 0.3 is 0 Å². The molecule has 0 spiro atoms. The second-order valence-electron chi connectivity index (χ2n) is 14.1. The lowest BCUT2D eigenvalue weighted by atomic mass is 9.92. The summed E-state index contributed by atoms with van der Waals surface area (Å²) < 4.78 is 0. The smallest absolute Gasteiger partial charge is 0.164 e. The summed E-state index contributed by atoms with van der Waals surface area (Å²) >= 11 is 6.48. The van der Waals surface area contributed by atoms with Crippen molar-refractivity contribution in [2.24, 2.45) is 0 Å². The van der Waals surface area contributed by atoms with E-state index >= 15 is 0 Å². The molecule has 0 aliphatic heterocycles. The molecule has 0 radical (unpaired) electrons. The lowest BCUT2D eigenvalue weighted by Gasteiger charge is -2.15. The SMILES string of the molecule is Clc1cccc(-c2nc(-c3ccccc3)nc(-c3ccccc3-c3cc(-c4ccc5ccccc5c4)cc(-c4nc(-c5ccccc5)nc(-c5ccccc5)n4)c3)n2)c1. The Morgan fingerprint density at radius 1 is 0.237 bits per heavy atom. The van der Waals surface area contributed by atoms with Crippen molar-refractivity contribution in [2.45, 2.75) is 0 Å². The fourth-order valence-electron chi connectivity index (χ4n) is 7.28. The van der Waals surface area contributed by atoms with E-state index < -0.39 is 0 Å². The van der Waals surface area contributed by atoms with Crippen LogP contribution in [0, 0.1) is 0 Å². The maximum Gasteiger partial charge on any atom is 0.164 e. The van der Waals surface area contributed by atoms with Crippen molar-refractivity contribution in [2.75, 3.05) is 0 Å². The first-order valence-corrected chi connectivity index (χ1v) is 19.7. The van der Waals surface area contributed by atoms with E-state index in [4.69, 9.17) is 41.5 Å². The third-order valence-corrected chi connectivity index (χ3v) is 10.4. The Morgan fingerprint density at radius 2 is 0.678 bits per heavy atom. The van der Waals surface area contributed by atoms with E-state index in [0.29, 0.717) is 40.0 Å². The van der Waals surface area contributed by atoms with Crippen molar-refractivity contribution in [3.63, 3.8) is 0 Å². The van der Waals surface area contributed by atoms with Gasteiger partial charge in [-0.25, -0.2) is 29.9 Å². The first kappa shape index (κ1) is 35.7. The molecule has 0 aliphatic rings. The molecule has 278 valence electrons. The summed E-state index contributed by atoms with van der Waals surface area (Å²) in [6.07, 6.45) is 0. The van der Waals surface area contributed by atoms with Crippen molar-refractivity contribution in [1.29, 1.82) is 0 Å². The van der Waals surface area contributed by atoms with Crippen LogP contribution in [0.3, 0.4) is 0 Å². The Labute approximate surface area is 346 Å². The van der Waals surface area contributed by atoms with Gasteiger partial charge in [-0.1, -0.05) is 175 Å². The predicted molar refractivity (Wildman–Crippen MR) is 239 cm³/mol. The lowest BCUT2D eigenvalue weighted by molar-refractivity contribution is 1.07. The van der Waals surface area contributed by atoms with Crippen LogP contribution in [0.2, 0.25) is 5.02 Å². The van der Waals surface area contributed by atoms with Gasteiger partial charge in [-0.2, -0.15) is 0 Å². The zero-order valence-corrected chi connectivity index (χ0v) is 32.4. The molecule has 0 N–H and O–H groups in total. The fraction of sp³-hybridized carbons (Fsp3) is 0. The van der Waals surface area contributed by atoms with E-state index in [2.05, 4.69) is 72.8 Å². The molecule has 0 saturated carbocycles. The largest absolute Gasteiger partial charge is 0.208 e. The van der Waals surface area contributed by atoms with Gasteiger partial charge in [0.15, 0.2) is 34.9 Å². The number of rotatable bonds is 8. The third-order valence-electron chi connectivity index (χ3n) is 10.2. The van der Waals surface area contributed by atoms with Crippen LogP contribution in [0.1, 0.15) is 0 Å². The van der Waals surface area contributed by atoms with Crippen LogP contribution < -0.4 is 0 Å². The molecule has 0 bridgehead atoms. The Hall–Kier alpha value is -7.67. The lowest BCUT2D eigenvalue weighted by Crippen LogP contribution is -2.02. The zero-order chi connectivity index (χ0) is 39.5. The van der Waals surface area contributed by atoms with Crippen LogP contribution in [0.25, 0.3) is 101 Å². The summed E-state index contributed by atoms with van der Waals surface area (Å²) in [4.78, 5) is 30.4. The van der Waals surface area contributed by atoms with E-state index in [0.717, 1.165) is 61.0 Å². The van der Waals surface area contributed by atoms with Crippen molar-refractivity contribution >= 4 is 22.4 Å². The van der Waals surface area contributed by atoms with Crippen molar-refractivity contribution < 1.29 is 0 Å². The minimum Gasteiger partial charge on any atom is -0.208 e. The van der Waals surface area contributed by atoms with Gasteiger partial charge in [0, 0.05) is 38.4 Å². The van der Waals surface area contributed by atoms with Gasteiger partial charge in [0.25, 0.3) is 0 Å². The third kappa shape index (κ3) is 7.48. The maximum atomic E-state index is 6.48. The summed E-state index contributed by atoms with van der Waals surface area (Å²) in [5, 5.41) is 2.94. The van der Waals surface area contributed by atoms with E-state index in [9.17, 15) is 0 Å². The van der Waals surface area contributed by atoms with Crippen molar-refractivity contribution in [3.8, 4) is 90.6 Å². The van der Waals surface area contributed by atoms with E-state index in [1.54, 1.807) is 0 Å². The van der Waals surface area contributed by atoms with Gasteiger partial charge in [-0.3, -0.25) is 0 Å². The van der Waals surface area contributed by atoms with Gasteiger partial charge in [0.05, 0.1) is 0 Å². The second kappa shape index (κ2) is 15.7. The molecule has 0 atom stereocenters. The number of hydrogen-bond donors (Lipinski definition) is 0. The van der Waals surface area contributed by atoms with Crippen LogP contribution in [-0.2, 0) is 0 Å². The number of halogens is 1. The molecule has 0 fully saturated rings. The number of aromatic nitrogens is 6. The number of nitrogens with zero attached hydrogens (tertiary/aromatic N) is 6. The second-order valence-corrected chi connectivity index (χ2v) is 14.6. The number of fused-ring (bicyclic) bond motifs is 1. The van der Waals surface area contributed by atoms with E-state index in [-0.39, 0.29) is 0 Å². The molecule has 0 aliphatic carbocycles. The minimum atomic E-state index is 0.531. The first-order chi connectivity index (χ1) is 29.1. The fourth-order valence-corrected chi connectivity index (χ4v) is 7.47. The highest BCUT2D eigenvalue weighted by molar-refractivity contribution is 6.30. The van der Waals surface area contributed by atoms with Gasteiger partial charge in [0.1, 0.15) is 0 Å². The van der Waals surface area contributed by atoms with Crippen LogP contribution in [0.4, 0.5) is 0 Å². The Kier molecular flexibility index (Phi) is 9.50. The Morgan fingerprint density at radius 3 is 1.27 bits per heavy atom. The van der Waals surface area contributed by atoms with Crippen LogP contribution in [0.15, 0.2) is 200 Å². The highest BCUT2D eigenvalue weighted by Crippen LogP contribution is 2.38. The normalized spacial score (nSPS) is 11.1. The molecule has 0 saturated heterocycles. The number of hydrogen-bond acceptors (Lipinski definition) is 6. The molecule has 8 aromatic carbocycles. The molecule has 0 amide bonds. The standard InChI is InChI=1S/C52H33ClN6/c53-44-24-14-23-40(33-44)50-55-49(37-20-8-3-9-21-37)58-52(59-50)46-26-13-12-25-45(46)42-30-41(39-28-27-34-15-10-11-22-38(34)29-39)31-43(32-42)51-56-47(35-16-4-1-5-17-35)54-48(57-51)36-18-6-2-7-19-36/h1-33H. The molecule has 0 unspecified atom stereocenters. The van der Waals surface area contributed by atoms with Gasteiger partial charge < -0.3 is 0 Å². The maximum absolute atomic E-state index is 6.48. The van der Waals surface area contributed by atoms with Crippen molar-refractivity contribution in [3.05, 3.63) is 205 Å². The molecule has 2 aromatic heterocycles. The van der Waals surface area contributed by atoms with Gasteiger partial charge in [-0.05, 0) is 69.4 Å². The Bertz CT molecular complexity index is 3060. The quantitative estimate of drug-likeness (QED) is 0.153. The molecule has 59 heavy (non-hydrogen) atoms. The van der Waals surface area contributed by atoms with Crippen LogP contribution in [-0.4, -0.2) is 29.9 Å². The van der Waals surface area contributed by atoms with Gasteiger partial charge in [0.2, 0.25) is 0 Å². The molecule has 7 heteroatoms. The van der Waals surface area contributed by atoms with Crippen LogP contribution >= 0.6 is 11.6 Å². The van der Waals surface area contributed by atoms with Crippen molar-refractivity contribution in [1.82, 2.24) is 29.9 Å². The summed E-state index contributed by atoms with van der Waals surface area (Å²) in [5.41, 5.74) is 9.18. The average molecular weight is 777 g/mol. The molecule has 10 aromatic rings. The molecular weight excluding hydrogens is 744 g/mol. The highest BCUT2D eigenvalue weighted by Gasteiger charge is 2.19. The summed E-state index contributed by atoms with van der Waals surface area (Å²) in [5.74, 6) is 3.40. The molecule has 6 nitrogen and oxygen atoms in total. The minimum absolute atomic E-state index is 0.531. The summed E-state index contributed by atoms with van der Waals surface area (Å²) in [7, 11) is 0. The highest BCUT2D eigenvalue weighted by atomic mass is 35.5. The average Bonchev–Trinajstić information content (AvgIpc) is 3.32. The molecule has 10 rings (SSSR count). The summed E-state index contributed by atoms with van der Waals surface area (Å²) in [6.45, 7) is 0. The van der Waals surface area contributed by atoms with E-state index in [1.807, 2.05) is 127 Å². The summed E-state index contributed by atoms with van der Waals surface area (Å²) in [6, 6.07) is 67.4. The molecular formula is C52H33ClN6. The zero-order valence-electron chi connectivity index (χ0n) is 31.6. The monoisotopic (exact) mass is 776 g/mol. The van der Waals surface area contributed by atoms with E-state index in [1.165, 1.54) is 5.39 Å². The first-order valence-electron chi connectivity index (χ1n) is 19.3. The predicted octanol–water partition coefficient (Wildman–Crippen LogP) is 13.2. The van der Waals surface area contributed by atoms with Crippen LogP contribution in [0.5, 0.6) is 0 Å². The number of benzene rings is 8. The molecule has 2 heterocycles.